The topological polar surface area (TPSA) is 52.9 Å². The molecule has 1 unspecified atom stereocenters. The standard InChI is InChI=1S/C12H20N2O/c1-3-10(9-13)14-11(15)12(4-2)7-5-6-8-12/h10H,3-8H2,1-2H3,(H,14,15). The first kappa shape index (κ1) is 12.0. The van der Waals surface area contributed by atoms with Gasteiger partial charge in [0.25, 0.3) is 0 Å². The molecule has 3 heteroatoms. The summed E-state index contributed by atoms with van der Waals surface area (Å²) in [6.07, 6.45) is 5.83. The first-order valence-corrected chi connectivity index (χ1v) is 5.89. The molecule has 1 N–H and O–H groups in total. The summed E-state index contributed by atoms with van der Waals surface area (Å²) in [5, 5.41) is 11.7. The van der Waals surface area contributed by atoms with Gasteiger partial charge in [-0.2, -0.15) is 5.26 Å². The molecule has 84 valence electrons. The van der Waals surface area contributed by atoms with E-state index in [0.29, 0.717) is 6.42 Å². The maximum atomic E-state index is 12.1. The Morgan fingerprint density at radius 2 is 2.07 bits per heavy atom. The summed E-state index contributed by atoms with van der Waals surface area (Å²) in [4.78, 5) is 12.1. The van der Waals surface area contributed by atoms with Crippen molar-refractivity contribution in [3.8, 4) is 6.07 Å². The maximum absolute atomic E-state index is 12.1. The zero-order chi connectivity index (χ0) is 11.3. The van der Waals surface area contributed by atoms with Crippen molar-refractivity contribution in [2.24, 2.45) is 5.41 Å². The van der Waals surface area contributed by atoms with Gasteiger partial charge < -0.3 is 5.32 Å². The molecular weight excluding hydrogens is 188 g/mol. The second kappa shape index (κ2) is 5.16. The largest absolute Gasteiger partial charge is 0.340 e. The molecule has 0 spiro atoms. The van der Waals surface area contributed by atoms with E-state index in [1.165, 1.54) is 0 Å². The highest BCUT2D eigenvalue weighted by Crippen LogP contribution is 2.41. The number of rotatable bonds is 4. The molecule has 0 heterocycles. The van der Waals surface area contributed by atoms with Gasteiger partial charge in [-0.15, -0.1) is 0 Å². The minimum atomic E-state index is -0.318. The molecular formula is C12H20N2O. The summed E-state index contributed by atoms with van der Waals surface area (Å²) in [7, 11) is 0. The quantitative estimate of drug-likeness (QED) is 0.771. The highest BCUT2D eigenvalue weighted by Gasteiger charge is 2.39. The Morgan fingerprint density at radius 1 is 1.47 bits per heavy atom. The second-order valence-electron chi connectivity index (χ2n) is 4.40. The number of hydrogen-bond acceptors (Lipinski definition) is 2. The molecule has 1 saturated carbocycles. The molecule has 0 bridgehead atoms. The number of nitriles is 1. The van der Waals surface area contributed by atoms with Gasteiger partial charge in [0.1, 0.15) is 6.04 Å². The van der Waals surface area contributed by atoms with Gasteiger partial charge >= 0.3 is 0 Å². The maximum Gasteiger partial charge on any atom is 0.227 e. The Bertz CT molecular complexity index is 261. The Morgan fingerprint density at radius 3 is 2.47 bits per heavy atom. The predicted octanol–water partition coefficient (Wildman–Crippen LogP) is 2.38. The van der Waals surface area contributed by atoms with Crippen LogP contribution in [0.2, 0.25) is 0 Å². The first-order chi connectivity index (χ1) is 7.18. The summed E-state index contributed by atoms with van der Waals surface area (Å²) in [5.74, 6) is 0.0934. The molecule has 1 amide bonds. The van der Waals surface area contributed by atoms with E-state index < -0.39 is 0 Å². The van der Waals surface area contributed by atoms with Crippen LogP contribution in [0.15, 0.2) is 0 Å². The van der Waals surface area contributed by atoms with E-state index in [1.807, 2.05) is 6.92 Å². The third kappa shape index (κ3) is 2.50. The minimum Gasteiger partial charge on any atom is -0.340 e. The van der Waals surface area contributed by atoms with Gasteiger partial charge in [-0.25, -0.2) is 0 Å². The smallest absolute Gasteiger partial charge is 0.227 e. The van der Waals surface area contributed by atoms with Crippen LogP contribution < -0.4 is 5.32 Å². The zero-order valence-electron chi connectivity index (χ0n) is 9.68. The molecule has 0 aliphatic heterocycles. The second-order valence-corrected chi connectivity index (χ2v) is 4.40. The molecule has 0 radical (unpaired) electrons. The SMILES string of the molecule is CCC(C#N)NC(=O)C1(CC)CCCC1. The lowest BCUT2D eigenvalue weighted by Crippen LogP contribution is -2.43. The fourth-order valence-corrected chi connectivity index (χ4v) is 2.33. The monoisotopic (exact) mass is 208 g/mol. The van der Waals surface area contributed by atoms with Crippen LogP contribution in [0.5, 0.6) is 0 Å². The molecule has 1 aliphatic carbocycles. The van der Waals surface area contributed by atoms with Gasteiger partial charge in [-0.1, -0.05) is 26.7 Å². The molecule has 1 rings (SSSR count). The van der Waals surface area contributed by atoms with Gasteiger partial charge in [-0.05, 0) is 25.7 Å². The highest BCUT2D eigenvalue weighted by atomic mass is 16.2. The van der Waals surface area contributed by atoms with E-state index in [4.69, 9.17) is 5.26 Å². The molecule has 1 atom stereocenters. The Hall–Kier alpha value is -1.04. The van der Waals surface area contributed by atoms with Crippen LogP contribution >= 0.6 is 0 Å². The van der Waals surface area contributed by atoms with Crippen LogP contribution in [0.1, 0.15) is 52.4 Å². The molecule has 0 saturated heterocycles. The summed E-state index contributed by atoms with van der Waals surface area (Å²) in [6, 6.07) is 1.80. The van der Waals surface area contributed by atoms with Gasteiger partial charge in [0, 0.05) is 5.41 Å². The van der Waals surface area contributed by atoms with Crippen molar-refractivity contribution in [1.82, 2.24) is 5.32 Å². The average molecular weight is 208 g/mol. The first-order valence-electron chi connectivity index (χ1n) is 5.89. The van der Waals surface area contributed by atoms with Crippen molar-refractivity contribution >= 4 is 5.91 Å². The number of carbonyl (C=O) groups is 1. The molecule has 0 aromatic carbocycles. The number of nitrogens with one attached hydrogen (secondary N) is 1. The fraction of sp³-hybridized carbons (Fsp3) is 0.833. The van der Waals surface area contributed by atoms with E-state index >= 15 is 0 Å². The molecule has 0 aromatic rings. The van der Waals surface area contributed by atoms with Crippen molar-refractivity contribution in [2.75, 3.05) is 0 Å². The number of nitrogens with zero attached hydrogens (tertiary/aromatic N) is 1. The van der Waals surface area contributed by atoms with Gasteiger partial charge in [0.15, 0.2) is 0 Å². The van der Waals surface area contributed by atoms with E-state index in [-0.39, 0.29) is 17.4 Å². The lowest BCUT2D eigenvalue weighted by atomic mass is 9.82. The van der Waals surface area contributed by atoms with Gasteiger partial charge in [0.05, 0.1) is 6.07 Å². The molecule has 1 aliphatic rings. The van der Waals surface area contributed by atoms with E-state index in [0.717, 1.165) is 32.1 Å². The summed E-state index contributed by atoms with van der Waals surface area (Å²) in [6.45, 7) is 3.99. The van der Waals surface area contributed by atoms with E-state index in [2.05, 4.69) is 18.3 Å². The van der Waals surface area contributed by atoms with Crippen molar-refractivity contribution < 1.29 is 4.79 Å². The van der Waals surface area contributed by atoms with Crippen LogP contribution in [-0.4, -0.2) is 11.9 Å². The van der Waals surface area contributed by atoms with Gasteiger partial charge in [-0.3, -0.25) is 4.79 Å². The van der Waals surface area contributed by atoms with E-state index in [1.54, 1.807) is 0 Å². The third-order valence-electron chi connectivity index (χ3n) is 3.59. The van der Waals surface area contributed by atoms with Gasteiger partial charge in [0.2, 0.25) is 5.91 Å². The lowest BCUT2D eigenvalue weighted by molar-refractivity contribution is -0.131. The normalized spacial score (nSPS) is 20.6. The van der Waals surface area contributed by atoms with Crippen molar-refractivity contribution in [2.45, 2.75) is 58.4 Å². The number of hydrogen-bond donors (Lipinski definition) is 1. The van der Waals surface area contributed by atoms with Crippen LogP contribution in [0.25, 0.3) is 0 Å². The van der Waals surface area contributed by atoms with E-state index in [9.17, 15) is 4.79 Å². The molecule has 3 nitrogen and oxygen atoms in total. The average Bonchev–Trinajstić information content (AvgIpc) is 2.75. The third-order valence-corrected chi connectivity index (χ3v) is 3.59. The van der Waals surface area contributed by atoms with Crippen LogP contribution in [0.4, 0.5) is 0 Å². The Balaban J connectivity index is 2.62. The van der Waals surface area contributed by atoms with Crippen LogP contribution in [0.3, 0.4) is 0 Å². The van der Waals surface area contributed by atoms with Crippen LogP contribution in [-0.2, 0) is 4.79 Å². The predicted molar refractivity (Wildman–Crippen MR) is 59.0 cm³/mol. The van der Waals surface area contributed by atoms with Crippen molar-refractivity contribution in [1.29, 1.82) is 5.26 Å². The van der Waals surface area contributed by atoms with Crippen molar-refractivity contribution in [3.63, 3.8) is 0 Å². The number of amides is 1. The lowest BCUT2D eigenvalue weighted by Gasteiger charge is -2.27. The summed E-state index contributed by atoms with van der Waals surface area (Å²) < 4.78 is 0. The van der Waals surface area contributed by atoms with Crippen molar-refractivity contribution in [3.05, 3.63) is 0 Å². The van der Waals surface area contributed by atoms with Crippen LogP contribution in [0, 0.1) is 16.7 Å². The fourth-order valence-electron chi connectivity index (χ4n) is 2.33. The summed E-state index contributed by atoms with van der Waals surface area (Å²) >= 11 is 0. The Labute approximate surface area is 91.9 Å². The number of carbonyl (C=O) groups excluding carboxylic acids is 1. The molecule has 0 aromatic heterocycles. The minimum absolute atomic E-state index is 0.0934. The summed E-state index contributed by atoms with van der Waals surface area (Å²) in [5.41, 5.74) is -0.176. The highest BCUT2D eigenvalue weighted by molar-refractivity contribution is 5.83. The molecule has 1 fully saturated rings. The molecule has 15 heavy (non-hydrogen) atoms. The zero-order valence-corrected chi connectivity index (χ0v) is 9.68. The Kier molecular flexibility index (Phi) is 4.14.